The number of benzene rings is 4. The topological polar surface area (TPSA) is 62.0 Å². The van der Waals surface area contributed by atoms with Crippen molar-refractivity contribution in [3.05, 3.63) is 121 Å². The van der Waals surface area contributed by atoms with E-state index in [-0.39, 0.29) is 4.90 Å². The van der Waals surface area contributed by atoms with Gasteiger partial charge in [0.1, 0.15) is 0 Å². The van der Waals surface area contributed by atoms with Crippen LogP contribution in [0, 0.1) is 6.92 Å². The van der Waals surface area contributed by atoms with Crippen LogP contribution in [0.25, 0.3) is 33.6 Å². The van der Waals surface area contributed by atoms with Crippen LogP contribution in [0.2, 0.25) is 0 Å². The van der Waals surface area contributed by atoms with Crippen molar-refractivity contribution < 1.29 is 8.42 Å². The summed E-state index contributed by atoms with van der Waals surface area (Å²) in [4.78, 5) is 3.76. The molecule has 0 saturated heterocycles. The van der Waals surface area contributed by atoms with Gasteiger partial charge < -0.3 is 4.98 Å². The molecule has 0 fully saturated rings. The molecule has 168 valence electrons. The van der Waals surface area contributed by atoms with Crippen LogP contribution < -0.4 is 4.72 Å². The summed E-state index contributed by atoms with van der Waals surface area (Å²) in [6.07, 6.45) is 0. The third-order valence-electron chi connectivity index (χ3n) is 5.76. The molecule has 1 heterocycles. The zero-order valence-corrected chi connectivity index (χ0v) is 19.5. The van der Waals surface area contributed by atoms with Crippen LogP contribution >= 0.6 is 0 Å². The number of hydrogen-bond donors (Lipinski definition) is 2. The molecular weight excluding hydrogens is 440 g/mol. The molecule has 0 amide bonds. The number of aromatic amines is 1. The van der Waals surface area contributed by atoms with Crippen molar-refractivity contribution in [2.45, 2.75) is 11.8 Å². The van der Waals surface area contributed by atoms with Crippen molar-refractivity contribution in [3.8, 4) is 33.6 Å². The van der Waals surface area contributed by atoms with E-state index in [0.717, 1.165) is 33.5 Å². The third kappa shape index (κ3) is 4.26. The average Bonchev–Trinajstić information content (AvgIpc) is 3.24. The van der Waals surface area contributed by atoms with Crippen LogP contribution in [0.1, 0.15) is 5.56 Å². The molecule has 4 nitrogen and oxygen atoms in total. The molecule has 0 unspecified atom stereocenters. The zero-order chi connectivity index (χ0) is 23.5. The van der Waals surface area contributed by atoms with Crippen LogP contribution in [0.3, 0.4) is 0 Å². The lowest BCUT2D eigenvalue weighted by Gasteiger charge is -2.13. The Morgan fingerprint density at radius 2 is 1.06 bits per heavy atom. The number of sulfonamides is 1. The summed E-state index contributed by atoms with van der Waals surface area (Å²) in [7, 11) is -3.83. The molecule has 5 aromatic rings. The summed E-state index contributed by atoms with van der Waals surface area (Å²) in [6.45, 7) is 1.93. The summed E-state index contributed by atoms with van der Waals surface area (Å²) in [5.41, 5.74) is 6.69. The Balaban J connectivity index is 1.78. The van der Waals surface area contributed by atoms with Crippen LogP contribution in [0.15, 0.2) is 120 Å². The highest BCUT2D eigenvalue weighted by Gasteiger charge is 2.25. The van der Waals surface area contributed by atoms with Crippen molar-refractivity contribution in [1.82, 2.24) is 4.98 Å². The Morgan fingerprint density at radius 3 is 1.59 bits per heavy atom. The van der Waals surface area contributed by atoms with Crippen LogP contribution in [-0.2, 0) is 10.0 Å². The predicted molar refractivity (Wildman–Crippen MR) is 139 cm³/mol. The van der Waals surface area contributed by atoms with Crippen molar-refractivity contribution in [1.29, 1.82) is 0 Å². The first-order valence-corrected chi connectivity index (χ1v) is 12.5. The molecule has 0 saturated carbocycles. The average molecular weight is 465 g/mol. The fourth-order valence-corrected chi connectivity index (χ4v) is 5.13. The van der Waals surface area contributed by atoms with E-state index in [2.05, 4.69) is 9.71 Å². The van der Waals surface area contributed by atoms with Gasteiger partial charge in [0.2, 0.25) is 0 Å². The van der Waals surface area contributed by atoms with Crippen LogP contribution in [0.4, 0.5) is 5.69 Å². The molecule has 4 aromatic carbocycles. The maximum Gasteiger partial charge on any atom is 0.261 e. The number of aryl methyl sites for hydroxylation is 1. The number of H-pyrrole nitrogens is 1. The van der Waals surface area contributed by atoms with Gasteiger partial charge in [0.15, 0.2) is 0 Å². The standard InChI is InChI=1S/C29H24N2O2S/c1-21-17-19-25(20-18-21)34(32,33)31-29-26(22-11-5-2-6-12-22)27(23-13-7-3-8-14-23)30-28(29)24-15-9-4-10-16-24/h2-20,30-31H,1H3. The molecule has 5 rings (SSSR count). The van der Waals surface area contributed by atoms with E-state index in [4.69, 9.17) is 0 Å². The molecule has 0 atom stereocenters. The quantitative estimate of drug-likeness (QED) is 0.281. The number of anilines is 1. The third-order valence-corrected chi connectivity index (χ3v) is 7.12. The molecule has 5 heteroatoms. The summed E-state index contributed by atoms with van der Waals surface area (Å²) in [5, 5.41) is 0. The van der Waals surface area contributed by atoms with Gasteiger partial charge in [-0.15, -0.1) is 0 Å². The van der Waals surface area contributed by atoms with Gasteiger partial charge >= 0.3 is 0 Å². The fourth-order valence-electron chi connectivity index (χ4n) is 4.05. The van der Waals surface area contributed by atoms with E-state index in [9.17, 15) is 8.42 Å². The number of nitrogens with one attached hydrogen (secondary N) is 2. The van der Waals surface area contributed by atoms with Gasteiger partial charge in [-0.05, 0) is 30.2 Å². The smallest absolute Gasteiger partial charge is 0.261 e. The molecule has 0 radical (unpaired) electrons. The molecule has 0 aliphatic heterocycles. The van der Waals surface area contributed by atoms with Gasteiger partial charge in [-0.25, -0.2) is 8.42 Å². The highest BCUT2D eigenvalue weighted by atomic mass is 32.2. The fraction of sp³-hybridized carbons (Fsp3) is 0.0345. The van der Waals surface area contributed by atoms with E-state index in [1.807, 2.05) is 97.9 Å². The highest BCUT2D eigenvalue weighted by molar-refractivity contribution is 7.92. The highest BCUT2D eigenvalue weighted by Crippen LogP contribution is 2.44. The van der Waals surface area contributed by atoms with Crippen LogP contribution in [-0.4, -0.2) is 13.4 Å². The lowest BCUT2D eigenvalue weighted by molar-refractivity contribution is 0.601. The molecule has 0 aliphatic rings. The van der Waals surface area contributed by atoms with Crippen molar-refractivity contribution in [2.24, 2.45) is 0 Å². The Bertz CT molecular complexity index is 1510. The van der Waals surface area contributed by atoms with Gasteiger partial charge in [0, 0.05) is 11.1 Å². The van der Waals surface area contributed by atoms with Gasteiger partial charge in [0.25, 0.3) is 10.0 Å². The maximum atomic E-state index is 13.5. The Kier molecular flexibility index (Phi) is 5.78. The first-order chi connectivity index (χ1) is 16.5. The maximum absolute atomic E-state index is 13.5. The van der Waals surface area contributed by atoms with Crippen molar-refractivity contribution in [3.63, 3.8) is 0 Å². The molecular formula is C29H24N2O2S. The zero-order valence-electron chi connectivity index (χ0n) is 18.7. The monoisotopic (exact) mass is 464 g/mol. The van der Waals surface area contributed by atoms with E-state index < -0.39 is 10.0 Å². The normalized spacial score (nSPS) is 11.3. The minimum Gasteiger partial charge on any atom is -0.352 e. The SMILES string of the molecule is Cc1ccc(S(=O)(=O)Nc2c(-c3ccccc3)[nH]c(-c3ccccc3)c2-c2ccccc2)cc1. The summed E-state index contributed by atoms with van der Waals surface area (Å²) in [6, 6.07) is 36.4. The molecule has 0 aliphatic carbocycles. The number of hydrogen-bond acceptors (Lipinski definition) is 2. The lowest BCUT2D eigenvalue weighted by atomic mass is 9.99. The Morgan fingerprint density at radius 1 is 0.588 bits per heavy atom. The number of aromatic nitrogens is 1. The minimum absolute atomic E-state index is 0.221. The van der Waals surface area contributed by atoms with E-state index >= 15 is 0 Å². The predicted octanol–water partition coefficient (Wildman–Crippen LogP) is 7.12. The molecule has 1 aromatic heterocycles. The molecule has 34 heavy (non-hydrogen) atoms. The first kappa shape index (κ1) is 21.7. The van der Waals surface area contributed by atoms with E-state index in [0.29, 0.717) is 11.4 Å². The molecule has 0 spiro atoms. The van der Waals surface area contributed by atoms with E-state index in [1.165, 1.54) is 0 Å². The molecule has 0 bridgehead atoms. The summed E-state index contributed by atoms with van der Waals surface area (Å²) < 4.78 is 29.9. The van der Waals surface area contributed by atoms with Crippen LogP contribution in [0.5, 0.6) is 0 Å². The largest absolute Gasteiger partial charge is 0.352 e. The van der Waals surface area contributed by atoms with Gasteiger partial charge in [-0.3, -0.25) is 4.72 Å². The Labute approximate surface area is 200 Å². The van der Waals surface area contributed by atoms with E-state index in [1.54, 1.807) is 24.3 Å². The van der Waals surface area contributed by atoms with Gasteiger partial charge in [-0.1, -0.05) is 109 Å². The molecule has 2 N–H and O–H groups in total. The van der Waals surface area contributed by atoms with Gasteiger partial charge in [-0.2, -0.15) is 0 Å². The lowest BCUT2D eigenvalue weighted by Crippen LogP contribution is -2.13. The van der Waals surface area contributed by atoms with Crippen molar-refractivity contribution >= 4 is 15.7 Å². The minimum atomic E-state index is -3.83. The first-order valence-electron chi connectivity index (χ1n) is 11.0. The van der Waals surface area contributed by atoms with Crippen molar-refractivity contribution in [2.75, 3.05) is 4.72 Å². The Hall–Kier alpha value is -4.09. The second-order valence-electron chi connectivity index (χ2n) is 8.14. The second-order valence-corrected chi connectivity index (χ2v) is 9.82. The number of rotatable bonds is 6. The van der Waals surface area contributed by atoms with Gasteiger partial charge in [0.05, 0.1) is 22.0 Å². The summed E-state index contributed by atoms with van der Waals surface area (Å²) >= 11 is 0. The summed E-state index contributed by atoms with van der Waals surface area (Å²) in [5.74, 6) is 0. The second kappa shape index (κ2) is 9.04.